The maximum atomic E-state index is 12.7. The second-order valence-electron chi connectivity index (χ2n) is 7.15. The van der Waals surface area contributed by atoms with Crippen LogP contribution in [0.5, 0.6) is 0 Å². The zero-order chi connectivity index (χ0) is 19.6. The number of amides is 3. The largest absolute Gasteiger partial charge is 0.343 e. The third-order valence-electron chi connectivity index (χ3n) is 5.49. The van der Waals surface area contributed by atoms with Gasteiger partial charge in [0.1, 0.15) is 5.82 Å². The van der Waals surface area contributed by atoms with Crippen molar-refractivity contribution in [2.75, 3.05) is 31.5 Å². The average Bonchev–Trinajstić information content (AvgIpc) is 2.96. The van der Waals surface area contributed by atoms with Crippen LogP contribution in [-0.2, 0) is 11.8 Å². The maximum Gasteiger partial charge on any atom is 0.321 e. The number of rotatable bonds is 4. The lowest BCUT2D eigenvalue weighted by Crippen LogP contribution is -2.47. The van der Waals surface area contributed by atoms with Crippen LogP contribution >= 0.6 is 0 Å². The lowest BCUT2D eigenvalue weighted by atomic mass is 9.96. The molecule has 146 valence electrons. The summed E-state index contributed by atoms with van der Waals surface area (Å²) in [5, 5.41) is 2.96. The Morgan fingerprint density at radius 1 is 1.30 bits per heavy atom. The van der Waals surface area contributed by atoms with E-state index in [1.54, 1.807) is 4.90 Å². The van der Waals surface area contributed by atoms with Gasteiger partial charge < -0.3 is 19.7 Å². The first kappa shape index (κ1) is 19.2. The highest BCUT2D eigenvalue weighted by Crippen LogP contribution is 2.22. The monoisotopic (exact) mass is 371 g/mol. The Labute approximate surface area is 160 Å². The highest BCUT2D eigenvalue weighted by atomic mass is 16.2. The van der Waals surface area contributed by atoms with Crippen molar-refractivity contribution in [1.82, 2.24) is 19.4 Å². The third-order valence-corrected chi connectivity index (χ3v) is 5.49. The van der Waals surface area contributed by atoms with Gasteiger partial charge in [0.15, 0.2) is 0 Å². The number of carbonyl (C=O) groups excluding carboxylic acids is 2. The molecule has 1 aliphatic rings. The van der Waals surface area contributed by atoms with Gasteiger partial charge in [-0.3, -0.25) is 4.79 Å². The van der Waals surface area contributed by atoms with Crippen LogP contribution in [0.25, 0.3) is 11.0 Å². The molecule has 0 unspecified atom stereocenters. The molecule has 2 aromatic rings. The lowest BCUT2D eigenvalue weighted by molar-refractivity contribution is -0.136. The number of nitrogens with one attached hydrogen (secondary N) is 1. The average molecular weight is 371 g/mol. The molecule has 1 aliphatic heterocycles. The van der Waals surface area contributed by atoms with Gasteiger partial charge in [-0.15, -0.1) is 0 Å². The van der Waals surface area contributed by atoms with E-state index in [4.69, 9.17) is 0 Å². The zero-order valence-electron chi connectivity index (χ0n) is 16.7. The Hall–Kier alpha value is -2.57. The Morgan fingerprint density at radius 3 is 2.74 bits per heavy atom. The first-order valence-electron chi connectivity index (χ1n) is 9.72. The standard InChI is InChI=1S/C20H29N5O2/c1-5-24(6-2)19(26)15-8-7-11-25(13-15)20(27)22-16-9-10-18-17(12-16)21-14(3)23(18)4/h9-10,12,15H,5-8,11,13H2,1-4H3,(H,22,27)/t15-/m1/s1. The van der Waals surface area contributed by atoms with Crippen molar-refractivity contribution in [1.29, 1.82) is 0 Å². The summed E-state index contributed by atoms with van der Waals surface area (Å²) >= 11 is 0. The number of nitrogens with zero attached hydrogens (tertiary/aromatic N) is 4. The van der Waals surface area contributed by atoms with Crippen molar-refractivity contribution in [3.63, 3.8) is 0 Å². The molecule has 1 aromatic carbocycles. The fourth-order valence-corrected chi connectivity index (χ4v) is 3.76. The number of likely N-dealkylation sites (tertiary alicyclic amines) is 1. The van der Waals surface area contributed by atoms with E-state index in [-0.39, 0.29) is 17.9 Å². The number of urea groups is 1. The molecule has 2 heterocycles. The molecule has 0 spiro atoms. The zero-order valence-corrected chi connectivity index (χ0v) is 16.7. The van der Waals surface area contributed by atoms with Crippen molar-refractivity contribution in [2.24, 2.45) is 13.0 Å². The summed E-state index contributed by atoms with van der Waals surface area (Å²) in [6, 6.07) is 5.60. The highest BCUT2D eigenvalue weighted by molar-refractivity contribution is 5.92. The molecule has 27 heavy (non-hydrogen) atoms. The second-order valence-corrected chi connectivity index (χ2v) is 7.15. The molecule has 1 atom stereocenters. The number of piperidine rings is 1. The third kappa shape index (κ3) is 3.91. The second kappa shape index (κ2) is 7.98. The minimum Gasteiger partial charge on any atom is -0.343 e. The van der Waals surface area contributed by atoms with Crippen LogP contribution in [0.4, 0.5) is 10.5 Å². The van der Waals surface area contributed by atoms with Gasteiger partial charge >= 0.3 is 6.03 Å². The number of imidazole rings is 1. The number of benzene rings is 1. The first-order chi connectivity index (χ1) is 12.9. The predicted molar refractivity (Wildman–Crippen MR) is 107 cm³/mol. The SMILES string of the molecule is CCN(CC)C(=O)[C@@H]1CCCN(C(=O)Nc2ccc3c(c2)nc(C)n3C)C1. The number of carbonyl (C=O) groups is 2. The molecular weight excluding hydrogens is 342 g/mol. The van der Waals surface area contributed by atoms with Crippen molar-refractivity contribution in [3.05, 3.63) is 24.0 Å². The summed E-state index contributed by atoms with van der Waals surface area (Å²) in [6.45, 7) is 8.52. The Balaban J connectivity index is 1.67. The van der Waals surface area contributed by atoms with Gasteiger partial charge in [0.25, 0.3) is 0 Å². The summed E-state index contributed by atoms with van der Waals surface area (Å²) in [5.41, 5.74) is 2.62. The molecule has 7 nitrogen and oxygen atoms in total. The van der Waals surface area contributed by atoms with Crippen LogP contribution in [0.2, 0.25) is 0 Å². The van der Waals surface area contributed by atoms with Crippen LogP contribution in [0, 0.1) is 12.8 Å². The van der Waals surface area contributed by atoms with Crippen LogP contribution < -0.4 is 5.32 Å². The lowest BCUT2D eigenvalue weighted by Gasteiger charge is -2.34. The molecule has 0 bridgehead atoms. The molecule has 1 saturated heterocycles. The van der Waals surface area contributed by atoms with Crippen LogP contribution in [0.1, 0.15) is 32.5 Å². The van der Waals surface area contributed by atoms with E-state index in [9.17, 15) is 9.59 Å². The molecule has 1 N–H and O–H groups in total. The molecular formula is C20H29N5O2. The van der Waals surface area contributed by atoms with Crippen LogP contribution in [0.15, 0.2) is 18.2 Å². The minimum atomic E-state index is -0.154. The number of hydrogen-bond acceptors (Lipinski definition) is 3. The fourth-order valence-electron chi connectivity index (χ4n) is 3.76. The molecule has 1 aromatic heterocycles. The topological polar surface area (TPSA) is 70.5 Å². The van der Waals surface area contributed by atoms with E-state index in [0.717, 1.165) is 35.4 Å². The van der Waals surface area contributed by atoms with Gasteiger partial charge in [0.2, 0.25) is 5.91 Å². The number of hydrogen-bond donors (Lipinski definition) is 1. The quantitative estimate of drug-likeness (QED) is 0.898. The maximum absolute atomic E-state index is 12.7. The van der Waals surface area contributed by atoms with Gasteiger partial charge in [-0.2, -0.15) is 0 Å². The van der Waals surface area contributed by atoms with E-state index < -0.39 is 0 Å². The summed E-state index contributed by atoms with van der Waals surface area (Å²) in [6.07, 6.45) is 1.70. The smallest absolute Gasteiger partial charge is 0.321 e. The number of aromatic nitrogens is 2. The predicted octanol–water partition coefficient (Wildman–Crippen LogP) is 2.99. The molecule has 0 aliphatic carbocycles. The van der Waals surface area contributed by atoms with Gasteiger partial charge in [0, 0.05) is 38.9 Å². The minimum absolute atomic E-state index is 0.106. The number of fused-ring (bicyclic) bond motifs is 1. The molecule has 0 radical (unpaired) electrons. The van der Waals surface area contributed by atoms with Gasteiger partial charge in [-0.1, -0.05) is 0 Å². The van der Waals surface area contributed by atoms with Crippen LogP contribution in [-0.4, -0.2) is 57.5 Å². The number of aryl methyl sites for hydroxylation is 2. The molecule has 3 rings (SSSR count). The summed E-state index contributed by atoms with van der Waals surface area (Å²) in [5.74, 6) is 0.982. The van der Waals surface area contributed by atoms with Crippen molar-refractivity contribution >= 4 is 28.7 Å². The van der Waals surface area contributed by atoms with Crippen LogP contribution in [0.3, 0.4) is 0 Å². The summed E-state index contributed by atoms with van der Waals surface area (Å²) in [4.78, 5) is 33.5. The number of anilines is 1. The summed E-state index contributed by atoms with van der Waals surface area (Å²) < 4.78 is 2.02. The van der Waals surface area contributed by atoms with E-state index in [2.05, 4.69) is 10.3 Å². The molecule has 7 heteroatoms. The van der Waals surface area contributed by atoms with E-state index in [1.807, 2.05) is 55.5 Å². The van der Waals surface area contributed by atoms with E-state index in [1.165, 1.54) is 0 Å². The van der Waals surface area contributed by atoms with E-state index in [0.29, 0.717) is 26.2 Å². The van der Waals surface area contributed by atoms with Crippen molar-refractivity contribution in [2.45, 2.75) is 33.6 Å². The molecule has 0 saturated carbocycles. The Bertz CT molecular complexity index is 840. The van der Waals surface area contributed by atoms with Gasteiger partial charge in [0.05, 0.1) is 17.0 Å². The van der Waals surface area contributed by atoms with Crippen molar-refractivity contribution in [3.8, 4) is 0 Å². The molecule has 1 fully saturated rings. The molecule has 3 amide bonds. The fraction of sp³-hybridized carbons (Fsp3) is 0.550. The van der Waals surface area contributed by atoms with Gasteiger partial charge in [-0.05, 0) is 51.8 Å². The summed E-state index contributed by atoms with van der Waals surface area (Å²) in [7, 11) is 1.98. The first-order valence-corrected chi connectivity index (χ1v) is 9.72. The Kier molecular flexibility index (Phi) is 5.68. The normalized spacial score (nSPS) is 17.2. The van der Waals surface area contributed by atoms with E-state index >= 15 is 0 Å². The van der Waals surface area contributed by atoms with Crippen molar-refractivity contribution < 1.29 is 9.59 Å². The van der Waals surface area contributed by atoms with Gasteiger partial charge in [-0.25, -0.2) is 9.78 Å². The highest BCUT2D eigenvalue weighted by Gasteiger charge is 2.30. The Morgan fingerprint density at radius 2 is 2.04 bits per heavy atom.